The highest BCUT2D eigenvalue weighted by Crippen LogP contribution is 2.24. The summed E-state index contributed by atoms with van der Waals surface area (Å²) in [5, 5.41) is 20.1. The summed E-state index contributed by atoms with van der Waals surface area (Å²) in [6.45, 7) is 2.17. The third kappa shape index (κ3) is 3.61. The van der Waals surface area contributed by atoms with Gasteiger partial charge in [0.1, 0.15) is 5.82 Å². The van der Waals surface area contributed by atoms with Crippen LogP contribution in [0.15, 0.2) is 54.6 Å². The van der Waals surface area contributed by atoms with E-state index in [0.29, 0.717) is 23.8 Å². The van der Waals surface area contributed by atoms with E-state index >= 15 is 0 Å². The summed E-state index contributed by atoms with van der Waals surface area (Å²) in [4.78, 5) is 26.2. The average Bonchev–Trinajstić information content (AvgIpc) is 2.92. The van der Waals surface area contributed by atoms with Gasteiger partial charge in [-0.2, -0.15) is 0 Å². The number of carboxylic acid groups (broad SMARTS) is 1. The van der Waals surface area contributed by atoms with Crippen molar-refractivity contribution in [2.24, 2.45) is 0 Å². The molecule has 0 radical (unpaired) electrons. The van der Waals surface area contributed by atoms with Crippen molar-refractivity contribution in [1.29, 1.82) is 0 Å². The number of aromatic nitrogens is 2. The molecule has 7 heteroatoms. The number of hydrogen-bond donors (Lipinski definition) is 1. The lowest BCUT2D eigenvalue weighted by atomic mass is 10.1. The minimum Gasteiger partial charge on any atom is -0.481 e. The highest BCUT2D eigenvalue weighted by Gasteiger charge is 2.18. The number of nitrogens with zero attached hydrogens (tertiary/aromatic N) is 3. The number of hydrogen-bond acceptors (Lipinski definition) is 4. The monoisotopic (exact) mass is 351 g/mol. The quantitative estimate of drug-likeness (QED) is 0.542. The van der Waals surface area contributed by atoms with Crippen LogP contribution in [-0.4, -0.2) is 25.6 Å². The van der Waals surface area contributed by atoms with E-state index in [1.807, 2.05) is 34.9 Å². The molecule has 3 rings (SSSR count). The van der Waals surface area contributed by atoms with Crippen LogP contribution >= 0.6 is 0 Å². The van der Waals surface area contributed by atoms with Gasteiger partial charge in [0, 0.05) is 24.2 Å². The second kappa shape index (κ2) is 7.18. The molecule has 0 saturated carbocycles. The summed E-state index contributed by atoms with van der Waals surface area (Å²) in [6.07, 6.45) is -0.140. The Labute approximate surface area is 149 Å². The summed E-state index contributed by atoms with van der Waals surface area (Å²) in [5.74, 6) is -0.254. The topological polar surface area (TPSA) is 98.3 Å². The number of nitro groups is 1. The van der Waals surface area contributed by atoms with Crippen LogP contribution in [0.2, 0.25) is 0 Å². The first-order valence-electron chi connectivity index (χ1n) is 8.02. The van der Waals surface area contributed by atoms with Crippen LogP contribution in [0, 0.1) is 17.0 Å². The van der Waals surface area contributed by atoms with E-state index in [1.165, 1.54) is 12.1 Å². The van der Waals surface area contributed by atoms with E-state index in [-0.39, 0.29) is 12.1 Å². The number of aryl methyl sites for hydroxylation is 1. The van der Waals surface area contributed by atoms with Crippen molar-refractivity contribution < 1.29 is 14.8 Å². The average molecular weight is 351 g/mol. The highest BCUT2D eigenvalue weighted by atomic mass is 16.6. The van der Waals surface area contributed by atoms with Crippen molar-refractivity contribution in [1.82, 2.24) is 9.55 Å². The van der Waals surface area contributed by atoms with Gasteiger partial charge >= 0.3 is 5.97 Å². The number of carboxylic acids is 1. The summed E-state index contributed by atoms with van der Waals surface area (Å²) >= 11 is 0. The molecule has 0 saturated heterocycles. The predicted octanol–water partition coefficient (Wildman–Crippen LogP) is 3.44. The third-order valence-electron chi connectivity index (χ3n) is 4.11. The SMILES string of the molecule is Cc1nc(-c2ccccc2)n(Cc2ccc([N+](=O)[O-])cc2)c1CC(=O)O. The number of rotatable bonds is 6. The Hall–Kier alpha value is -3.48. The van der Waals surface area contributed by atoms with Crippen LogP contribution in [0.5, 0.6) is 0 Å². The van der Waals surface area contributed by atoms with Crippen molar-refractivity contribution in [3.8, 4) is 11.4 Å². The van der Waals surface area contributed by atoms with Crippen LogP contribution in [0.25, 0.3) is 11.4 Å². The van der Waals surface area contributed by atoms with E-state index in [1.54, 1.807) is 19.1 Å². The lowest BCUT2D eigenvalue weighted by molar-refractivity contribution is -0.384. The molecule has 0 aliphatic carbocycles. The van der Waals surface area contributed by atoms with E-state index in [0.717, 1.165) is 11.1 Å². The van der Waals surface area contributed by atoms with Gasteiger partial charge in [-0.3, -0.25) is 14.9 Å². The van der Waals surface area contributed by atoms with Gasteiger partial charge in [0.2, 0.25) is 0 Å². The van der Waals surface area contributed by atoms with Crippen molar-refractivity contribution in [3.63, 3.8) is 0 Å². The Morgan fingerprint density at radius 2 is 1.81 bits per heavy atom. The van der Waals surface area contributed by atoms with Gasteiger partial charge in [-0.25, -0.2) is 4.98 Å². The standard InChI is InChI=1S/C19H17N3O4/c1-13-17(11-18(23)24)21(19(20-13)15-5-3-2-4-6-15)12-14-7-9-16(10-8-14)22(25)26/h2-10H,11-12H2,1H3,(H,23,24). The molecule has 0 amide bonds. The zero-order chi connectivity index (χ0) is 18.7. The molecule has 0 aliphatic rings. The smallest absolute Gasteiger partial charge is 0.309 e. The van der Waals surface area contributed by atoms with E-state index in [4.69, 9.17) is 0 Å². The van der Waals surface area contributed by atoms with Crippen LogP contribution in [-0.2, 0) is 17.8 Å². The molecule has 0 aliphatic heterocycles. The molecule has 26 heavy (non-hydrogen) atoms. The van der Waals surface area contributed by atoms with Gasteiger partial charge in [-0.05, 0) is 12.5 Å². The molecule has 0 unspecified atom stereocenters. The Bertz CT molecular complexity index is 947. The molecule has 3 aromatic rings. The van der Waals surface area contributed by atoms with Crippen LogP contribution in [0.1, 0.15) is 17.0 Å². The van der Waals surface area contributed by atoms with Crippen LogP contribution in [0.3, 0.4) is 0 Å². The van der Waals surface area contributed by atoms with E-state index in [9.17, 15) is 20.0 Å². The Morgan fingerprint density at radius 1 is 1.15 bits per heavy atom. The maximum absolute atomic E-state index is 11.3. The molecule has 7 nitrogen and oxygen atoms in total. The lowest BCUT2D eigenvalue weighted by Gasteiger charge is -2.12. The second-order valence-electron chi connectivity index (χ2n) is 5.91. The minimum atomic E-state index is -0.933. The number of imidazole rings is 1. The fraction of sp³-hybridized carbons (Fsp3) is 0.158. The lowest BCUT2D eigenvalue weighted by Crippen LogP contribution is -2.11. The number of non-ortho nitro benzene ring substituents is 1. The molecule has 2 aromatic carbocycles. The number of nitro benzene ring substituents is 1. The summed E-state index contributed by atoms with van der Waals surface area (Å²) in [6, 6.07) is 15.8. The first-order valence-corrected chi connectivity index (χ1v) is 8.02. The second-order valence-corrected chi connectivity index (χ2v) is 5.91. The Kier molecular flexibility index (Phi) is 4.79. The first-order chi connectivity index (χ1) is 12.5. The maximum atomic E-state index is 11.3. The molecular formula is C19H17N3O4. The number of aliphatic carboxylic acids is 1. The van der Waals surface area contributed by atoms with Crippen molar-refractivity contribution in [2.45, 2.75) is 19.9 Å². The van der Waals surface area contributed by atoms with Crippen LogP contribution in [0.4, 0.5) is 5.69 Å². The van der Waals surface area contributed by atoms with Gasteiger partial charge < -0.3 is 9.67 Å². The molecule has 1 heterocycles. The summed E-state index contributed by atoms with van der Waals surface area (Å²) in [5.41, 5.74) is 3.01. The summed E-state index contributed by atoms with van der Waals surface area (Å²) in [7, 11) is 0. The zero-order valence-corrected chi connectivity index (χ0v) is 14.1. The molecule has 132 valence electrons. The van der Waals surface area contributed by atoms with Crippen molar-refractivity contribution in [2.75, 3.05) is 0 Å². The van der Waals surface area contributed by atoms with Gasteiger partial charge in [-0.15, -0.1) is 0 Å². The first kappa shape index (κ1) is 17.3. The minimum absolute atomic E-state index is 0.0182. The van der Waals surface area contributed by atoms with Gasteiger partial charge in [0.25, 0.3) is 5.69 Å². The highest BCUT2D eigenvalue weighted by molar-refractivity contribution is 5.71. The van der Waals surface area contributed by atoms with E-state index < -0.39 is 10.9 Å². The van der Waals surface area contributed by atoms with Gasteiger partial charge in [-0.1, -0.05) is 42.5 Å². The molecule has 1 aromatic heterocycles. The fourth-order valence-electron chi connectivity index (χ4n) is 2.86. The summed E-state index contributed by atoms with van der Waals surface area (Å²) < 4.78 is 1.86. The predicted molar refractivity (Wildman–Crippen MR) is 95.9 cm³/mol. The molecule has 0 spiro atoms. The normalized spacial score (nSPS) is 10.7. The van der Waals surface area contributed by atoms with E-state index in [2.05, 4.69) is 4.98 Å². The van der Waals surface area contributed by atoms with Gasteiger partial charge in [0.05, 0.1) is 22.7 Å². The zero-order valence-electron chi connectivity index (χ0n) is 14.1. The maximum Gasteiger partial charge on any atom is 0.309 e. The van der Waals surface area contributed by atoms with Crippen LogP contribution < -0.4 is 0 Å². The molecule has 0 fully saturated rings. The van der Waals surface area contributed by atoms with Crippen molar-refractivity contribution in [3.05, 3.63) is 81.7 Å². The molecule has 0 atom stereocenters. The fourth-order valence-corrected chi connectivity index (χ4v) is 2.86. The number of carbonyl (C=O) groups is 1. The molecule has 0 bridgehead atoms. The van der Waals surface area contributed by atoms with Crippen molar-refractivity contribution >= 4 is 11.7 Å². The molecule has 1 N–H and O–H groups in total. The number of benzene rings is 2. The third-order valence-corrected chi connectivity index (χ3v) is 4.11. The largest absolute Gasteiger partial charge is 0.481 e. The van der Waals surface area contributed by atoms with Gasteiger partial charge in [0.15, 0.2) is 0 Å². The Morgan fingerprint density at radius 3 is 2.38 bits per heavy atom. The molecular weight excluding hydrogens is 334 g/mol. The Balaban J connectivity index is 2.05.